The van der Waals surface area contributed by atoms with Crippen molar-refractivity contribution in [3.63, 3.8) is 0 Å². The van der Waals surface area contributed by atoms with Gasteiger partial charge in [-0.15, -0.1) is 0 Å². The van der Waals surface area contributed by atoms with Crippen LogP contribution in [-0.2, 0) is 9.59 Å². The number of benzene rings is 1. The van der Waals surface area contributed by atoms with Crippen LogP contribution in [0.25, 0.3) is 0 Å². The summed E-state index contributed by atoms with van der Waals surface area (Å²) in [5, 5.41) is 12.5. The Labute approximate surface area is 167 Å². The molecule has 0 aliphatic heterocycles. The van der Waals surface area contributed by atoms with Crippen LogP contribution in [0.1, 0.15) is 39.0 Å². The number of hydrogen-bond acceptors (Lipinski definition) is 4. The molecule has 2 amide bonds. The van der Waals surface area contributed by atoms with Gasteiger partial charge in [0.1, 0.15) is 11.3 Å². The standard InChI is InChI=1S/C21H30N4O3/c1-4-25(14-19(26)23-17-10-6-7-11-18(17)28-3)15-20(27)24(2)21(16-22)12-8-5-9-13-21/h6-7,10-11H,4-5,8-9,12-15H2,1-3H3,(H,23,26)/p+1. The van der Waals surface area contributed by atoms with E-state index in [2.05, 4.69) is 11.4 Å². The van der Waals surface area contributed by atoms with Gasteiger partial charge in [-0.2, -0.15) is 5.26 Å². The van der Waals surface area contributed by atoms with Gasteiger partial charge in [0.15, 0.2) is 13.1 Å². The molecule has 0 saturated heterocycles. The largest absolute Gasteiger partial charge is 0.495 e. The third kappa shape index (κ3) is 5.23. The van der Waals surface area contributed by atoms with Gasteiger partial charge in [-0.05, 0) is 31.9 Å². The molecule has 0 bridgehead atoms. The summed E-state index contributed by atoms with van der Waals surface area (Å²) in [7, 11) is 3.28. The number of hydrogen-bond donors (Lipinski definition) is 2. The Hall–Kier alpha value is -2.59. The second kappa shape index (κ2) is 10.1. The van der Waals surface area contributed by atoms with E-state index in [9.17, 15) is 14.9 Å². The number of ether oxygens (including phenoxy) is 1. The van der Waals surface area contributed by atoms with Gasteiger partial charge in [0.25, 0.3) is 11.8 Å². The molecule has 7 heteroatoms. The molecule has 1 aromatic rings. The first-order chi connectivity index (χ1) is 13.5. The molecule has 0 aromatic heterocycles. The summed E-state index contributed by atoms with van der Waals surface area (Å²) in [6, 6.07) is 9.60. The van der Waals surface area contributed by atoms with E-state index in [0.717, 1.165) is 37.0 Å². The predicted molar refractivity (Wildman–Crippen MR) is 107 cm³/mol. The SMILES string of the molecule is CC[NH+](CC(=O)Nc1ccccc1OC)CC(=O)N(C)C1(C#N)CCCCC1. The van der Waals surface area contributed by atoms with Crippen molar-refractivity contribution >= 4 is 17.5 Å². The Morgan fingerprint density at radius 1 is 1.25 bits per heavy atom. The highest BCUT2D eigenvalue weighted by molar-refractivity contribution is 5.93. The van der Waals surface area contributed by atoms with Crippen molar-refractivity contribution in [2.45, 2.75) is 44.6 Å². The molecule has 1 atom stereocenters. The number of carbonyl (C=O) groups excluding carboxylic acids is 2. The summed E-state index contributed by atoms with van der Waals surface area (Å²) in [5.41, 5.74) is -0.0899. The fraction of sp³-hybridized carbons (Fsp3) is 0.571. The van der Waals surface area contributed by atoms with Crippen molar-refractivity contribution in [2.75, 3.05) is 39.1 Å². The Balaban J connectivity index is 1.96. The number of nitrogens with zero attached hydrogens (tertiary/aromatic N) is 2. The molecule has 7 nitrogen and oxygen atoms in total. The number of likely N-dealkylation sites (N-methyl/N-ethyl adjacent to an activating group) is 2. The summed E-state index contributed by atoms with van der Waals surface area (Å²) >= 11 is 0. The molecule has 1 fully saturated rings. The van der Waals surface area contributed by atoms with E-state index in [-0.39, 0.29) is 24.9 Å². The van der Waals surface area contributed by atoms with E-state index >= 15 is 0 Å². The first-order valence-electron chi connectivity index (χ1n) is 9.90. The quantitative estimate of drug-likeness (QED) is 0.702. The normalized spacial score (nSPS) is 16.5. The smallest absolute Gasteiger partial charge is 0.279 e. The third-order valence-electron chi connectivity index (χ3n) is 5.60. The van der Waals surface area contributed by atoms with E-state index in [1.807, 2.05) is 19.1 Å². The molecule has 152 valence electrons. The molecule has 28 heavy (non-hydrogen) atoms. The number of carbonyl (C=O) groups is 2. The van der Waals surface area contributed by atoms with Gasteiger partial charge in [-0.25, -0.2) is 0 Å². The molecule has 1 unspecified atom stereocenters. The topological polar surface area (TPSA) is 86.9 Å². The second-order valence-electron chi connectivity index (χ2n) is 7.36. The number of nitrogens with one attached hydrogen (secondary N) is 2. The summed E-state index contributed by atoms with van der Waals surface area (Å²) in [4.78, 5) is 27.7. The van der Waals surface area contributed by atoms with Crippen LogP contribution in [0.3, 0.4) is 0 Å². The number of quaternary nitrogens is 1. The van der Waals surface area contributed by atoms with Crippen molar-refractivity contribution in [1.82, 2.24) is 4.90 Å². The molecule has 0 spiro atoms. The minimum Gasteiger partial charge on any atom is -0.495 e. The first-order valence-corrected chi connectivity index (χ1v) is 9.90. The van der Waals surface area contributed by atoms with E-state index in [0.29, 0.717) is 18.0 Å². The molecule has 1 aromatic carbocycles. The summed E-state index contributed by atoms with van der Waals surface area (Å²) in [5.74, 6) is 0.327. The van der Waals surface area contributed by atoms with Crippen molar-refractivity contribution in [2.24, 2.45) is 0 Å². The highest BCUT2D eigenvalue weighted by Gasteiger charge is 2.39. The fourth-order valence-electron chi connectivity index (χ4n) is 3.71. The highest BCUT2D eigenvalue weighted by atomic mass is 16.5. The number of para-hydroxylation sites is 2. The zero-order chi connectivity index (χ0) is 20.6. The average Bonchev–Trinajstić information content (AvgIpc) is 2.73. The molecule has 0 radical (unpaired) electrons. The van der Waals surface area contributed by atoms with Crippen LogP contribution in [0, 0.1) is 11.3 Å². The van der Waals surface area contributed by atoms with Crippen LogP contribution in [0.5, 0.6) is 5.75 Å². The Bertz CT molecular complexity index is 723. The van der Waals surface area contributed by atoms with Gasteiger partial charge < -0.3 is 19.9 Å². The van der Waals surface area contributed by atoms with Crippen molar-refractivity contribution in [3.05, 3.63) is 24.3 Å². The van der Waals surface area contributed by atoms with Crippen molar-refractivity contribution in [3.8, 4) is 11.8 Å². The molecule has 0 heterocycles. The van der Waals surface area contributed by atoms with Crippen LogP contribution in [0.4, 0.5) is 5.69 Å². The van der Waals surface area contributed by atoms with Gasteiger partial charge in [-0.1, -0.05) is 31.4 Å². The summed E-state index contributed by atoms with van der Waals surface area (Å²) in [6.07, 6.45) is 4.50. The molecule has 2 rings (SSSR count). The molecule has 1 aliphatic rings. The first kappa shape index (κ1) is 21.7. The van der Waals surface area contributed by atoms with E-state index in [1.165, 1.54) is 0 Å². The van der Waals surface area contributed by atoms with E-state index in [4.69, 9.17) is 4.74 Å². The maximum Gasteiger partial charge on any atom is 0.279 e. The van der Waals surface area contributed by atoms with Crippen LogP contribution < -0.4 is 15.0 Å². The van der Waals surface area contributed by atoms with Gasteiger partial charge in [0.05, 0.1) is 25.4 Å². The lowest BCUT2D eigenvalue weighted by Gasteiger charge is -2.39. The zero-order valence-corrected chi connectivity index (χ0v) is 17.1. The third-order valence-corrected chi connectivity index (χ3v) is 5.60. The lowest BCUT2D eigenvalue weighted by atomic mass is 9.81. The summed E-state index contributed by atoms with van der Waals surface area (Å²) in [6.45, 7) is 2.95. The number of methoxy groups -OCH3 is 1. The monoisotopic (exact) mass is 387 g/mol. The summed E-state index contributed by atoms with van der Waals surface area (Å²) < 4.78 is 5.25. The predicted octanol–water partition coefficient (Wildman–Crippen LogP) is 1.22. The van der Waals surface area contributed by atoms with Crippen LogP contribution >= 0.6 is 0 Å². The van der Waals surface area contributed by atoms with Gasteiger partial charge in [-0.3, -0.25) is 9.59 Å². The number of rotatable bonds is 8. The number of amides is 2. The average molecular weight is 388 g/mol. The lowest BCUT2D eigenvalue weighted by molar-refractivity contribution is -0.882. The van der Waals surface area contributed by atoms with Crippen molar-refractivity contribution < 1.29 is 19.2 Å². The van der Waals surface area contributed by atoms with Crippen LogP contribution in [0.15, 0.2) is 24.3 Å². The molecule has 1 saturated carbocycles. The van der Waals surface area contributed by atoms with Gasteiger partial charge in [0.2, 0.25) is 0 Å². The molecular formula is C21H31N4O3+. The Morgan fingerprint density at radius 3 is 2.54 bits per heavy atom. The Kier molecular flexibility index (Phi) is 7.82. The maximum absolute atomic E-state index is 12.8. The van der Waals surface area contributed by atoms with Gasteiger partial charge >= 0.3 is 0 Å². The maximum atomic E-state index is 12.8. The minimum absolute atomic E-state index is 0.0922. The molecule has 2 N–H and O–H groups in total. The fourth-order valence-corrected chi connectivity index (χ4v) is 3.71. The van der Waals surface area contributed by atoms with Crippen LogP contribution in [-0.4, -0.2) is 56.0 Å². The lowest BCUT2D eigenvalue weighted by Crippen LogP contribution is -3.14. The Morgan fingerprint density at radius 2 is 1.93 bits per heavy atom. The van der Waals surface area contributed by atoms with Crippen LogP contribution in [0.2, 0.25) is 0 Å². The molecule has 1 aliphatic carbocycles. The number of anilines is 1. The van der Waals surface area contributed by atoms with E-state index in [1.54, 1.807) is 31.2 Å². The zero-order valence-electron chi connectivity index (χ0n) is 17.1. The highest BCUT2D eigenvalue weighted by Crippen LogP contribution is 2.32. The van der Waals surface area contributed by atoms with E-state index < -0.39 is 5.54 Å². The number of nitriles is 1. The minimum atomic E-state index is -0.701. The van der Waals surface area contributed by atoms with Crippen molar-refractivity contribution in [1.29, 1.82) is 5.26 Å². The second-order valence-corrected chi connectivity index (χ2v) is 7.36. The van der Waals surface area contributed by atoms with Gasteiger partial charge in [0, 0.05) is 7.05 Å². The molecular weight excluding hydrogens is 356 g/mol.